The average molecular weight is 200 g/mol. The van der Waals surface area contributed by atoms with E-state index in [-0.39, 0.29) is 5.82 Å². The van der Waals surface area contributed by atoms with Crippen LogP contribution in [0.5, 0.6) is 0 Å². The third kappa shape index (κ3) is 2.21. The number of halogens is 1. The van der Waals surface area contributed by atoms with Gasteiger partial charge in [0, 0.05) is 4.90 Å². The molecule has 2 nitrogen and oxygen atoms in total. The Morgan fingerprint density at radius 2 is 2.23 bits per heavy atom. The second-order valence-corrected chi connectivity index (χ2v) is 3.19. The number of esters is 1. The Labute approximate surface area is 80.1 Å². The Morgan fingerprint density at radius 3 is 2.77 bits per heavy atom. The first-order valence-corrected chi connectivity index (χ1v) is 4.83. The Bertz CT molecular complexity index is 325. The molecule has 13 heavy (non-hydrogen) atoms. The first-order valence-electron chi connectivity index (χ1n) is 3.61. The van der Waals surface area contributed by atoms with Gasteiger partial charge in [-0.15, -0.1) is 11.8 Å². The summed E-state index contributed by atoms with van der Waals surface area (Å²) in [5, 5.41) is 0. The number of ether oxygens (including phenoxy) is 1. The summed E-state index contributed by atoms with van der Waals surface area (Å²) in [6.07, 6.45) is 1.75. The number of carbonyl (C=O) groups is 1. The summed E-state index contributed by atoms with van der Waals surface area (Å²) >= 11 is 1.25. The highest BCUT2D eigenvalue weighted by Gasteiger charge is 2.08. The topological polar surface area (TPSA) is 26.3 Å². The van der Waals surface area contributed by atoms with Gasteiger partial charge in [0.1, 0.15) is 5.82 Å². The van der Waals surface area contributed by atoms with Crippen LogP contribution in [0.2, 0.25) is 0 Å². The molecule has 0 amide bonds. The molecule has 70 valence electrons. The fraction of sp³-hybridized carbons (Fsp3) is 0.222. The van der Waals surface area contributed by atoms with Gasteiger partial charge >= 0.3 is 5.97 Å². The van der Waals surface area contributed by atoms with Crippen molar-refractivity contribution >= 4 is 17.7 Å². The smallest absolute Gasteiger partial charge is 0.337 e. The number of rotatable bonds is 2. The van der Waals surface area contributed by atoms with Gasteiger partial charge in [0.2, 0.25) is 0 Å². The van der Waals surface area contributed by atoms with Crippen LogP contribution >= 0.6 is 11.8 Å². The minimum atomic E-state index is -0.449. The third-order valence-corrected chi connectivity index (χ3v) is 2.32. The molecule has 0 heterocycles. The molecule has 4 heteroatoms. The average Bonchev–Trinajstić information content (AvgIpc) is 2.17. The zero-order valence-corrected chi connectivity index (χ0v) is 8.15. The highest BCUT2D eigenvalue weighted by Crippen LogP contribution is 2.20. The van der Waals surface area contributed by atoms with Gasteiger partial charge in [-0.05, 0) is 24.5 Å². The lowest BCUT2D eigenvalue weighted by Crippen LogP contribution is -2.01. The van der Waals surface area contributed by atoms with Crippen LogP contribution in [0.15, 0.2) is 23.1 Å². The lowest BCUT2D eigenvalue weighted by molar-refractivity contribution is 0.0600. The molecule has 1 aromatic rings. The second kappa shape index (κ2) is 4.28. The van der Waals surface area contributed by atoms with Gasteiger partial charge in [-0.25, -0.2) is 9.18 Å². The van der Waals surface area contributed by atoms with Gasteiger partial charge in [0.05, 0.1) is 12.7 Å². The SMILES string of the molecule is COC(=O)c1ccc(F)c(SC)c1. The standard InChI is InChI=1S/C9H9FO2S/c1-12-9(11)6-3-4-7(10)8(5-6)13-2/h3-5H,1-2H3. The van der Waals surface area contributed by atoms with Gasteiger partial charge in [-0.2, -0.15) is 0 Å². The minimum absolute atomic E-state index is 0.319. The van der Waals surface area contributed by atoms with Crippen LogP contribution in [0.25, 0.3) is 0 Å². The van der Waals surface area contributed by atoms with Crippen molar-refractivity contribution in [2.24, 2.45) is 0 Å². The Kier molecular flexibility index (Phi) is 3.31. The molecule has 0 fully saturated rings. The molecule has 0 atom stereocenters. The van der Waals surface area contributed by atoms with E-state index in [0.29, 0.717) is 10.5 Å². The maximum atomic E-state index is 13.0. The fourth-order valence-electron chi connectivity index (χ4n) is 0.905. The van der Waals surface area contributed by atoms with E-state index in [2.05, 4.69) is 4.74 Å². The summed E-state index contributed by atoms with van der Waals surface area (Å²) in [5.41, 5.74) is 0.369. The third-order valence-electron chi connectivity index (χ3n) is 1.57. The van der Waals surface area contributed by atoms with Crippen molar-refractivity contribution in [1.29, 1.82) is 0 Å². The van der Waals surface area contributed by atoms with Gasteiger partial charge in [-0.1, -0.05) is 0 Å². The molecule has 0 saturated heterocycles. The van der Waals surface area contributed by atoms with Crippen molar-refractivity contribution in [3.8, 4) is 0 Å². The Balaban J connectivity index is 3.06. The number of methoxy groups -OCH3 is 1. The summed E-state index contributed by atoms with van der Waals surface area (Å²) in [6.45, 7) is 0. The van der Waals surface area contributed by atoms with Crippen LogP contribution in [-0.4, -0.2) is 19.3 Å². The normalized spacial score (nSPS) is 9.77. The van der Waals surface area contributed by atoms with Crippen LogP contribution < -0.4 is 0 Å². The van der Waals surface area contributed by atoms with Crippen LogP contribution in [0, 0.1) is 5.82 Å². The molecule has 1 aromatic carbocycles. The molecule has 0 unspecified atom stereocenters. The number of hydrogen-bond donors (Lipinski definition) is 0. The molecule has 0 N–H and O–H groups in total. The zero-order valence-electron chi connectivity index (χ0n) is 7.33. The molecule has 0 radical (unpaired) electrons. The maximum Gasteiger partial charge on any atom is 0.337 e. The number of benzene rings is 1. The first-order chi connectivity index (χ1) is 6.19. The fourth-order valence-corrected chi connectivity index (χ4v) is 1.41. The molecule has 0 aliphatic carbocycles. The molecule has 0 spiro atoms. The van der Waals surface area contributed by atoms with Crippen molar-refractivity contribution in [1.82, 2.24) is 0 Å². The molecular weight excluding hydrogens is 191 g/mol. The molecule has 1 rings (SSSR count). The summed E-state index contributed by atoms with van der Waals surface area (Å²) in [5.74, 6) is -0.768. The van der Waals surface area contributed by atoms with E-state index in [1.807, 2.05) is 0 Å². The van der Waals surface area contributed by atoms with E-state index >= 15 is 0 Å². The van der Waals surface area contributed by atoms with Gasteiger partial charge in [-0.3, -0.25) is 0 Å². The molecule has 0 aliphatic heterocycles. The maximum absolute atomic E-state index is 13.0. The van der Waals surface area contributed by atoms with Crippen molar-refractivity contribution in [2.45, 2.75) is 4.90 Å². The summed E-state index contributed by atoms with van der Waals surface area (Å²) < 4.78 is 17.5. The van der Waals surface area contributed by atoms with Crippen LogP contribution in [-0.2, 0) is 4.74 Å². The summed E-state index contributed by atoms with van der Waals surface area (Å²) in [7, 11) is 1.30. The largest absolute Gasteiger partial charge is 0.465 e. The minimum Gasteiger partial charge on any atom is -0.465 e. The molecule has 0 aliphatic rings. The van der Waals surface area contributed by atoms with Gasteiger partial charge in [0.15, 0.2) is 0 Å². The predicted octanol–water partition coefficient (Wildman–Crippen LogP) is 2.33. The van der Waals surface area contributed by atoms with E-state index < -0.39 is 5.97 Å². The van der Waals surface area contributed by atoms with E-state index in [4.69, 9.17) is 0 Å². The highest BCUT2D eigenvalue weighted by molar-refractivity contribution is 7.98. The van der Waals surface area contributed by atoms with Crippen LogP contribution in [0.3, 0.4) is 0 Å². The summed E-state index contributed by atoms with van der Waals surface area (Å²) in [6, 6.07) is 4.14. The van der Waals surface area contributed by atoms with Gasteiger partial charge in [0.25, 0.3) is 0 Å². The van der Waals surface area contributed by atoms with E-state index in [1.54, 1.807) is 6.26 Å². The molecule has 0 bridgehead atoms. The number of thioether (sulfide) groups is 1. The van der Waals surface area contributed by atoms with Gasteiger partial charge < -0.3 is 4.74 Å². The zero-order chi connectivity index (χ0) is 9.84. The monoisotopic (exact) mass is 200 g/mol. The van der Waals surface area contributed by atoms with Crippen molar-refractivity contribution in [3.05, 3.63) is 29.6 Å². The quantitative estimate of drug-likeness (QED) is 0.541. The number of carbonyl (C=O) groups excluding carboxylic acids is 1. The lowest BCUT2D eigenvalue weighted by atomic mass is 10.2. The van der Waals surface area contributed by atoms with E-state index in [0.717, 1.165) is 0 Å². The van der Waals surface area contributed by atoms with E-state index in [1.165, 1.54) is 37.1 Å². The lowest BCUT2D eigenvalue weighted by Gasteiger charge is -2.02. The van der Waals surface area contributed by atoms with Crippen LogP contribution in [0.4, 0.5) is 4.39 Å². The second-order valence-electron chi connectivity index (χ2n) is 2.34. The summed E-state index contributed by atoms with van der Waals surface area (Å²) in [4.78, 5) is 11.5. The van der Waals surface area contributed by atoms with Crippen molar-refractivity contribution in [3.63, 3.8) is 0 Å². The highest BCUT2D eigenvalue weighted by atomic mass is 32.2. The predicted molar refractivity (Wildman–Crippen MR) is 49.5 cm³/mol. The Morgan fingerprint density at radius 1 is 1.54 bits per heavy atom. The van der Waals surface area contributed by atoms with Crippen LogP contribution in [0.1, 0.15) is 10.4 Å². The molecule has 0 aromatic heterocycles. The van der Waals surface area contributed by atoms with E-state index in [9.17, 15) is 9.18 Å². The molecular formula is C9H9FO2S. The van der Waals surface area contributed by atoms with Crippen molar-refractivity contribution < 1.29 is 13.9 Å². The number of hydrogen-bond acceptors (Lipinski definition) is 3. The Hall–Kier alpha value is -1.03. The first kappa shape index (κ1) is 10.1. The van der Waals surface area contributed by atoms with Crippen molar-refractivity contribution in [2.75, 3.05) is 13.4 Å². The molecule has 0 saturated carbocycles.